The van der Waals surface area contributed by atoms with Crippen molar-refractivity contribution in [2.75, 3.05) is 11.9 Å². The van der Waals surface area contributed by atoms with Gasteiger partial charge in [0.25, 0.3) is 0 Å². The number of nitrogens with one attached hydrogen (secondary N) is 1. The number of hydrogen-bond acceptors (Lipinski definition) is 4. The van der Waals surface area contributed by atoms with Gasteiger partial charge in [-0.05, 0) is 25.1 Å². The summed E-state index contributed by atoms with van der Waals surface area (Å²) in [7, 11) is 0. The Hall–Kier alpha value is -1.57. The number of nitrogens with zero attached hydrogens (tertiary/aromatic N) is 2. The summed E-state index contributed by atoms with van der Waals surface area (Å²) in [6.45, 7) is 2.77. The minimum atomic E-state index is 0.570. The summed E-state index contributed by atoms with van der Waals surface area (Å²) < 4.78 is 0. The Labute approximate surface area is 115 Å². The van der Waals surface area contributed by atoms with Crippen LogP contribution in [0.4, 0.5) is 5.69 Å². The van der Waals surface area contributed by atoms with Gasteiger partial charge in [-0.25, -0.2) is 4.98 Å². The van der Waals surface area contributed by atoms with Gasteiger partial charge in [0.15, 0.2) is 0 Å². The van der Waals surface area contributed by atoms with Crippen LogP contribution in [0.25, 0.3) is 0 Å². The minimum absolute atomic E-state index is 0.570. The van der Waals surface area contributed by atoms with Crippen LogP contribution in [-0.2, 0) is 6.42 Å². The zero-order valence-electron chi connectivity index (χ0n) is 9.90. The van der Waals surface area contributed by atoms with Gasteiger partial charge in [-0.15, -0.1) is 11.3 Å². The maximum absolute atomic E-state index is 8.74. The lowest BCUT2D eigenvalue weighted by Crippen LogP contribution is -2.05. The van der Waals surface area contributed by atoms with Crippen LogP contribution in [0.1, 0.15) is 16.3 Å². The van der Waals surface area contributed by atoms with E-state index < -0.39 is 0 Å². The van der Waals surface area contributed by atoms with Gasteiger partial charge in [0.1, 0.15) is 0 Å². The quantitative estimate of drug-likeness (QED) is 0.928. The van der Waals surface area contributed by atoms with Crippen molar-refractivity contribution in [3.63, 3.8) is 0 Å². The Morgan fingerprint density at radius 3 is 2.94 bits per heavy atom. The predicted octanol–water partition coefficient (Wildman–Crippen LogP) is 3.63. The standard InChI is InChI=1S/C13H12ClN3S/c1-9-17-11(8-18-9)4-5-16-13-3-2-10(7-15)6-12(13)14/h2-3,6,8,16H,4-5H2,1H3. The second kappa shape index (κ2) is 5.85. The van der Waals surface area contributed by atoms with Crippen LogP contribution in [0, 0.1) is 18.3 Å². The molecule has 0 aliphatic carbocycles. The van der Waals surface area contributed by atoms with Crippen molar-refractivity contribution in [1.29, 1.82) is 5.26 Å². The molecule has 1 heterocycles. The van der Waals surface area contributed by atoms with Gasteiger partial charge >= 0.3 is 0 Å². The SMILES string of the molecule is Cc1nc(CCNc2ccc(C#N)cc2Cl)cs1. The van der Waals surface area contributed by atoms with Crippen molar-refractivity contribution in [2.24, 2.45) is 0 Å². The molecule has 1 N–H and O–H groups in total. The van der Waals surface area contributed by atoms with Crippen LogP contribution in [0.5, 0.6) is 0 Å². The molecule has 1 aromatic carbocycles. The summed E-state index contributed by atoms with van der Waals surface area (Å²) in [6, 6.07) is 7.30. The average molecular weight is 278 g/mol. The Morgan fingerprint density at radius 2 is 2.33 bits per heavy atom. The van der Waals surface area contributed by atoms with Crippen LogP contribution in [0.3, 0.4) is 0 Å². The molecule has 0 amide bonds. The Bertz CT molecular complexity index is 586. The highest BCUT2D eigenvalue weighted by molar-refractivity contribution is 7.09. The number of thiazole rings is 1. The molecule has 2 aromatic rings. The maximum atomic E-state index is 8.74. The minimum Gasteiger partial charge on any atom is -0.383 e. The third kappa shape index (κ3) is 3.22. The molecular formula is C13H12ClN3S. The maximum Gasteiger partial charge on any atom is 0.0992 e. The molecule has 0 aliphatic rings. The molecule has 0 saturated carbocycles. The fourth-order valence-electron chi connectivity index (χ4n) is 1.58. The largest absolute Gasteiger partial charge is 0.383 e. The van der Waals surface area contributed by atoms with E-state index in [-0.39, 0.29) is 0 Å². The summed E-state index contributed by atoms with van der Waals surface area (Å²) in [4.78, 5) is 4.39. The third-order valence-electron chi connectivity index (χ3n) is 2.46. The molecule has 2 rings (SSSR count). The van der Waals surface area contributed by atoms with Gasteiger partial charge in [-0.2, -0.15) is 5.26 Å². The van der Waals surface area contributed by atoms with Gasteiger partial charge in [0.2, 0.25) is 0 Å². The Balaban J connectivity index is 1.92. The second-order valence-electron chi connectivity index (χ2n) is 3.84. The first kappa shape index (κ1) is 12.9. The molecule has 92 valence electrons. The smallest absolute Gasteiger partial charge is 0.0992 e. The molecule has 0 fully saturated rings. The zero-order chi connectivity index (χ0) is 13.0. The number of rotatable bonds is 4. The monoisotopic (exact) mass is 277 g/mol. The summed E-state index contributed by atoms with van der Waals surface area (Å²) in [5, 5.41) is 15.7. The van der Waals surface area contributed by atoms with Crippen molar-refractivity contribution in [3.8, 4) is 6.07 Å². The van der Waals surface area contributed by atoms with Gasteiger partial charge in [-0.3, -0.25) is 0 Å². The van der Waals surface area contributed by atoms with E-state index in [2.05, 4.69) is 21.8 Å². The first-order valence-electron chi connectivity index (χ1n) is 5.53. The van der Waals surface area contributed by atoms with Gasteiger partial charge in [-0.1, -0.05) is 11.6 Å². The van der Waals surface area contributed by atoms with E-state index >= 15 is 0 Å². The number of anilines is 1. The summed E-state index contributed by atoms with van der Waals surface area (Å²) in [5.74, 6) is 0. The number of hydrogen-bond donors (Lipinski definition) is 1. The summed E-state index contributed by atoms with van der Waals surface area (Å²) in [5.41, 5.74) is 2.51. The van der Waals surface area contributed by atoms with Crippen LogP contribution >= 0.6 is 22.9 Å². The van der Waals surface area contributed by atoms with Crippen molar-refractivity contribution in [1.82, 2.24) is 4.98 Å². The van der Waals surface area contributed by atoms with E-state index in [4.69, 9.17) is 16.9 Å². The molecule has 0 atom stereocenters. The van der Waals surface area contributed by atoms with Crippen molar-refractivity contribution in [2.45, 2.75) is 13.3 Å². The van der Waals surface area contributed by atoms with E-state index in [9.17, 15) is 0 Å². The molecule has 0 radical (unpaired) electrons. The molecular weight excluding hydrogens is 266 g/mol. The number of halogens is 1. The third-order valence-corrected chi connectivity index (χ3v) is 3.60. The normalized spacial score (nSPS) is 10.1. The van der Waals surface area contributed by atoms with E-state index in [1.165, 1.54) is 0 Å². The predicted molar refractivity (Wildman–Crippen MR) is 75.2 cm³/mol. The van der Waals surface area contributed by atoms with E-state index in [1.807, 2.05) is 13.0 Å². The van der Waals surface area contributed by atoms with Gasteiger partial charge in [0, 0.05) is 18.3 Å². The van der Waals surface area contributed by atoms with Crippen molar-refractivity contribution < 1.29 is 0 Å². The van der Waals surface area contributed by atoms with Gasteiger partial charge < -0.3 is 5.32 Å². The first-order chi connectivity index (χ1) is 8.69. The van der Waals surface area contributed by atoms with Crippen LogP contribution in [0.15, 0.2) is 23.6 Å². The Kier molecular flexibility index (Phi) is 4.19. The molecule has 0 bridgehead atoms. The molecule has 0 unspecified atom stereocenters. The lowest BCUT2D eigenvalue weighted by molar-refractivity contribution is 0.968. The molecule has 0 spiro atoms. The Morgan fingerprint density at radius 1 is 1.50 bits per heavy atom. The highest BCUT2D eigenvalue weighted by Gasteiger charge is 2.02. The van der Waals surface area contributed by atoms with Crippen molar-refractivity contribution in [3.05, 3.63) is 44.9 Å². The molecule has 0 saturated heterocycles. The fraction of sp³-hybridized carbons (Fsp3) is 0.231. The number of aromatic nitrogens is 1. The average Bonchev–Trinajstić information content (AvgIpc) is 2.77. The molecule has 3 nitrogen and oxygen atoms in total. The first-order valence-corrected chi connectivity index (χ1v) is 6.79. The molecule has 5 heteroatoms. The molecule has 18 heavy (non-hydrogen) atoms. The number of nitriles is 1. The highest BCUT2D eigenvalue weighted by Crippen LogP contribution is 2.22. The topological polar surface area (TPSA) is 48.7 Å². The number of benzene rings is 1. The van der Waals surface area contributed by atoms with Crippen LogP contribution < -0.4 is 5.32 Å². The van der Waals surface area contributed by atoms with Gasteiger partial charge in [0.05, 0.1) is 33.0 Å². The van der Waals surface area contributed by atoms with Crippen molar-refractivity contribution >= 4 is 28.6 Å². The van der Waals surface area contributed by atoms with E-state index in [0.29, 0.717) is 10.6 Å². The van der Waals surface area contributed by atoms with Crippen LogP contribution in [-0.4, -0.2) is 11.5 Å². The summed E-state index contributed by atoms with van der Waals surface area (Å²) in [6.07, 6.45) is 0.862. The summed E-state index contributed by atoms with van der Waals surface area (Å²) >= 11 is 7.72. The second-order valence-corrected chi connectivity index (χ2v) is 5.31. The van der Waals surface area contributed by atoms with Crippen LogP contribution in [0.2, 0.25) is 5.02 Å². The fourth-order valence-corrected chi connectivity index (χ4v) is 2.47. The zero-order valence-corrected chi connectivity index (χ0v) is 11.5. The lowest BCUT2D eigenvalue weighted by atomic mass is 10.2. The van der Waals surface area contributed by atoms with E-state index in [0.717, 1.165) is 29.4 Å². The lowest BCUT2D eigenvalue weighted by Gasteiger charge is -2.07. The highest BCUT2D eigenvalue weighted by atomic mass is 35.5. The molecule has 0 aliphatic heterocycles. The molecule has 1 aromatic heterocycles. The van der Waals surface area contributed by atoms with E-state index in [1.54, 1.807) is 23.5 Å². The number of aryl methyl sites for hydroxylation is 1.